The molecule has 0 spiro atoms. The monoisotopic (exact) mass is 228 g/mol. The Bertz CT molecular complexity index is 254. The summed E-state index contributed by atoms with van der Waals surface area (Å²) in [6.45, 7) is 8.51. The Morgan fingerprint density at radius 2 is 2.19 bits per heavy atom. The average molecular weight is 228 g/mol. The highest BCUT2D eigenvalue weighted by atomic mass is 16.4. The summed E-state index contributed by atoms with van der Waals surface area (Å²) in [5, 5.41) is 11.3. The van der Waals surface area contributed by atoms with Crippen LogP contribution in [0.15, 0.2) is 12.7 Å². The fourth-order valence-corrected chi connectivity index (χ4v) is 1.39. The van der Waals surface area contributed by atoms with E-state index in [0.717, 1.165) is 0 Å². The van der Waals surface area contributed by atoms with Crippen LogP contribution in [0.25, 0.3) is 0 Å². The zero-order chi connectivity index (χ0) is 12.6. The van der Waals surface area contributed by atoms with E-state index in [1.54, 1.807) is 13.0 Å². The molecule has 0 radical (unpaired) electrons. The minimum absolute atomic E-state index is 0.0442. The molecule has 0 saturated carbocycles. The Hall–Kier alpha value is -1.36. The summed E-state index contributed by atoms with van der Waals surface area (Å²) in [6.07, 6.45) is 1.65. The van der Waals surface area contributed by atoms with Gasteiger partial charge in [0.15, 0.2) is 0 Å². The van der Waals surface area contributed by atoms with Gasteiger partial charge in [-0.1, -0.05) is 13.0 Å². The minimum atomic E-state index is -0.850. The zero-order valence-corrected chi connectivity index (χ0v) is 9.90. The molecule has 2 N–H and O–H groups in total. The van der Waals surface area contributed by atoms with E-state index in [0.29, 0.717) is 13.1 Å². The van der Waals surface area contributed by atoms with Gasteiger partial charge in [0.25, 0.3) is 0 Å². The molecule has 0 aromatic rings. The van der Waals surface area contributed by atoms with Gasteiger partial charge < -0.3 is 10.4 Å². The van der Waals surface area contributed by atoms with Crippen molar-refractivity contribution in [1.82, 2.24) is 10.2 Å². The van der Waals surface area contributed by atoms with Gasteiger partial charge >= 0.3 is 5.97 Å². The lowest BCUT2D eigenvalue weighted by atomic mass is 10.2. The molecule has 0 fully saturated rings. The van der Waals surface area contributed by atoms with Crippen molar-refractivity contribution in [2.45, 2.75) is 26.3 Å². The molecule has 5 heteroatoms. The topological polar surface area (TPSA) is 69.6 Å². The standard InChI is InChI=1S/C11H20N2O3/c1-4-6-12-10(14)8-13(5-2)9(3)7-11(15)16/h4,9H,1,5-8H2,2-3H3,(H,12,14)(H,15,16). The van der Waals surface area contributed by atoms with Crippen molar-refractivity contribution in [2.75, 3.05) is 19.6 Å². The SMILES string of the molecule is C=CCNC(=O)CN(CC)C(C)CC(=O)O. The highest BCUT2D eigenvalue weighted by Crippen LogP contribution is 2.02. The molecule has 0 aliphatic carbocycles. The molecule has 0 aromatic carbocycles. The predicted octanol–water partition coefficient (Wildman–Crippen LogP) is 0.474. The molecular weight excluding hydrogens is 208 g/mol. The van der Waals surface area contributed by atoms with Crippen molar-refractivity contribution < 1.29 is 14.7 Å². The van der Waals surface area contributed by atoms with E-state index in [9.17, 15) is 9.59 Å². The van der Waals surface area contributed by atoms with Crippen LogP contribution in [0.4, 0.5) is 0 Å². The number of carboxylic acids is 1. The number of hydrogen-bond acceptors (Lipinski definition) is 3. The minimum Gasteiger partial charge on any atom is -0.481 e. The smallest absolute Gasteiger partial charge is 0.304 e. The van der Waals surface area contributed by atoms with Crippen LogP contribution in [0.5, 0.6) is 0 Å². The number of nitrogens with zero attached hydrogens (tertiary/aromatic N) is 1. The average Bonchev–Trinajstić information content (AvgIpc) is 2.21. The molecule has 0 aromatic heterocycles. The third-order valence-corrected chi connectivity index (χ3v) is 2.29. The van der Waals surface area contributed by atoms with Crippen LogP contribution in [0.2, 0.25) is 0 Å². The van der Waals surface area contributed by atoms with Crippen LogP contribution in [0.1, 0.15) is 20.3 Å². The van der Waals surface area contributed by atoms with E-state index in [2.05, 4.69) is 11.9 Å². The van der Waals surface area contributed by atoms with E-state index >= 15 is 0 Å². The van der Waals surface area contributed by atoms with Gasteiger partial charge in [-0.15, -0.1) is 6.58 Å². The number of aliphatic carboxylic acids is 1. The molecular formula is C11H20N2O3. The predicted molar refractivity (Wildman–Crippen MR) is 62.2 cm³/mol. The fourth-order valence-electron chi connectivity index (χ4n) is 1.39. The third kappa shape index (κ3) is 6.19. The van der Waals surface area contributed by atoms with Crippen LogP contribution in [0.3, 0.4) is 0 Å². The quantitative estimate of drug-likeness (QED) is 0.593. The highest BCUT2D eigenvalue weighted by Gasteiger charge is 2.17. The maximum Gasteiger partial charge on any atom is 0.304 e. The zero-order valence-electron chi connectivity index (χ0n) is 9.90. The summed E-state index contributed by atoms with van der Waals surface area (Å²) in [6, 6.07) is -0.142. The van der Waals surface area contributed by atoms with Crippen molar-refractivity contribution in [3.8, 4) is 0 Å². The van der Waals surface area contributed by atoms with Gasteiger partial charge in [0.1, 0.15) is 0 Å². The van der Waals surface area contributed by atoms with Crippen LogP contribution in [0, 0.1) is 0 Å². The molecule has 0 rings (SSSR count). The number of carboxylic acid groups (broad SMARTS) is 1. The molecule has 1 amide bonds. The van der Waals surface area contributed by atoms with Crippen LogP contribution >= 0.6 is 0 Å². The lowest BCUT2D eigenvalue weighted by Crippen LogP contribution is -2.42. The summed E-state index contributed by atoms with van der Waals surface area (Å²) in [7, 11) is 0. The first-order chi connectivity index (χ1) is 7.51. The second kappa shape index (κ2) is 7.87. The summed E-state index contributed by atoms with van der Waals surface area (Å²) in [5.74, 6) is -0.962. The molecule has 0 saturated heterocycles. The summed E-state index contributed by atoms with van der Waals surface area (Å²) in [4.78, 5) is 23.8. The second-order valence-electron chi connectivity index (χ2n) is 3.60. The Labute approximate surface area is 96.1 Å². The van der Waals surface area contributed by atoms with Gasteiger partial charge in [-0.3, -0.25) is 14.5 Å². The largest absolute Gasteiger partial charge is 0.481 e. The van der Waals surface area contributed by atoms with Gasteiger partial charge in [-0.05, 0) is 13.5 Å². The van der Waals surface area contributed by atoms with Gasteiger partial charge in [0.2, 0.25) is 5.91 Å². The van der Waals surface area contributed by atoms with E-state index < -0.39 is 5.97 Å². The van der Waals surface area contributed by atoms with E-state index in [4.69, 9.17) is 5.11 Å². The molecule has 92 valence electrons. The summed E-state index contributed by atoms with van der Waals surface area (Å²) < 4.78 is 0. The van der Waals surface area contributed by atoms with Crippen molar-refractivity contribution in [3.05, 3.63) is 12.7 Å². The normalized spacial score (nSPS) is 12.2. The molecule has 0 heterocycles. The van der Waals surface area contributed by atoms with Gasteiger partial charge in [0.05, 0.1) is 13.0 Å². The summed E-state index contributed by atoms with van der Waals surface area (Å²) >= 11 is 0. The van der Waals surface area contributed by atoms with E-state index in [1.807, 2.05) is 11.8 Å². The first-order valence-electron chi connectivity index (χ1n) is 5.34. The molecule has 1 atom stereocenters. The number of nitrogens with one attached hydrogen (secondary N) is 1. The third-order valence-electron chi connectivity index (χ3n) is 2.29. The van der Waals surface area contributed by atoms with Gasteiger partial charge in [0, 0.05) is 12.6 Å². The number of amides is 1. The number of hydrogen-bond donors (Lipinski definition) is 2. The molecule has 0 aliphatic rings. The molecule has 5 nitrogen and oxygen atoms in total. The van der Waals surface area contributed by atoms with Crippen molar-refractivity contribution >= 4 is 11.9 Å². The van der Waals surface area contributed by atoms with Gasteiger partial charge in [-0.25, -0.2) is 0 Å². The molecule has 16 heavy (non-hydrogen) atoms. The molecule has 0 bridgehead atoms. The van der Waals surface area contributed by atoms with E-state index in [-0.39, 0.29) is 24.9 Å². The van der Waals surface area contributed by atoms with Crippen molar-refractivity contribution in [2.24, 2.45) is 0 Å². The first-order valence-corrected chi connectivity index (χ1v) is 5.34. The number of likely N-dealkylation sites (N-methyl/N-ethyl adjacent to an activating group) is 1. The second-order valence-corrected chi connectivity index (χ2v) is 3.60. The van der Waals surface area contributed by atoms with E-state index in [1.165, 1.54) is 0 Å². The Morgan fingerprint density at radius 3 is 2.62 bits per heavy atom. The molecule has 1 unspecified atom stereocenters. The maximum absolute atomic E-state index is 11.4. The Morgan fingerprint density at radius 1 is 1.56 bits per heavy atom. The first kappa shape index (κ1) is 14.6. The van der Waals surface area contributed by atoms with Gasteiger partial charge in [-0.2, -0.15) is 0 Å². The summed E-state index contributed by atoms with van der Waals surface area (Å²) in [5.41, 5.74) is 0. The Kier molecular flexibility index (Phi) is 7.20. The fraction of sp³-hybridized carbons (Fsp3) is 0.636. The van der Waals surface area contributed by atoms with Crippen molar-refractivity contribution in [1.29, 1.82) is 0 Å². The maximum atomic E-state index is 11.4. The van der Waals surface area contributed by atoms with Crippen LogP contribution in [-0.2, 0) is 9.59 Å². The lowest BCUT2D eigenvalue weighted by Gasteiger charge is -2.25. The van der Waals surface area contributed by atoms with Crippen LogP contribution < -0.4 is 5.32 Å². The number of carbonyl (C=O) groups is 2. The van der Waals surface area contributed by atoms with Crippen LogP contribution in [-0.4, -0.2) is 47.6 Å². The van der Waals surface area contributed by atoms with Crippen molar-refractivity contribution in [3.63, 3.8) is 0 Å². The number of carbonyl (C=O) groups excluding carboxylic acids is 1. The number of rotatable bonds is 8. The lowest BCUT2D eigenvalue weighted by molar-refractivity contribution is -0.138. The Balaban J connectivity index is 4.12. The highest BCUT2D eigenvalue weighted by molar-refractivity contribution is 5.78. The molecule has 0 aliphatic heterocycles.